The normalized spacial score (nSPS) is 12.8. The first kappa shape index (κ1) is 32.1. The molecule has 4 aromatic rings. The minimum absolute atomic E-state index is 0.0945. The zero-order valence-corrected chi connectivity index (χ0v) is 24.0. The number of rotatable bonds is 10. The number of H-pyrrole nitrogens is 1. The average Bonchev–Trinajstić information content (AvgIpc) is 3.36. The zero-order valence-electron chi connectivity index (χ0n) is 23.2. The predicted octanol–water partition coefficient (Wildman–Crippen LogP) is 6.88. The number of aromatic amines is 1. The summed E-state index contributed by atoms with van der Waals surface area (Å²) >= 11 is 0. The second kappa shape index (κ2) is 12.4. The van der Waals surface area contributed by atoms with E-state index in [1.54, 1.807) is 6.20 Å². The maximum Gasteiger partial charge on any atom is 0.416 e. The smallest absolute Gasteiger partial charge is 0.361 e. The lowest BCUT2D eigenvalue weighted by atomic mass is 10.1. The van der Waals surface area contributed by atoms with Gasteiger partial charge >= 0.3 is 12.4 Å². The Morgan fingerprint density at radius 1 is 0.860 bits per heavy atom. The van der Waals surface area contributed by atoms with E-state index in [1.165, 1.54) is 30.9 Å². The van der Waals surface area contributed by atoms with Crippen molar-refractivity contribution in [1.29, 1.82) is 0 Å². The number of halogens is 6. The molecule has 0 unspecified atom stereocenters. The van der Waals surface area contributed by atoms with Gasteiger partial charge < -0.3 is 9.88 Å². The monoisotopic (exact) mass is 625 g/mol. The van der Waals surface area contributed by atoms with Crippen LogP contribution in [0.5, 0.6) is 0 Å². The zero-order chi connectivity index (χ0) is 31.6. The second-order valence-corrected chi connectivity index (χ2v) is 12.2. The van der Waals surface area contributed by atoms with Crippen LogP contribution in [0.3, 0.4) is 0 Å². The van der Waals surface area contributed by atoms with Gasteiger partial charge in [0, 0.05) is 36.2 Å². The molecule has 0 aliphatic rings. The molecule has 13 heteroatoms. The highest BCUT2D eigenvalue weighted by atomic mass is 32.2. The summed E-state index contributed by atoms with van der Waals surface area (Å²) in [7, 11) is -4.54. The Bertz CT molecular complexity index is 1680. The van der Waals surface area contributed by atoms with Crippen molar-refractivity contribution in [3.8, 4) is 0 Å². The number of nitrogens with zero attached hydrogens (tertiary/aromatic N) is 2. The van der Waals surface area contributed by atoms with Gasteiger partial charge in [0.15, 0.2) is 0 Å². The van der Waals surface area contributed by atoms with Gasteiger partial charge in [-0.2, -0.15) is 30.6 Å². The molecule has 0 aliphatic carbocycles. The average molecular weight is 626 g/mol. The van der Waals surface area contributed by atoms with Crippen LogP contribution in [0.2, 0.25) is 0 Å². The van der Waals surface area contributed by atoms with Crippen molar-refractivity contribution in [2.75, 3.05) is 13.1 Å². The highest BCUT2D eigenvalue weighted by Crippen LogP contribution is 2.32. The maximum atomic E-state index is 13.7. The van der Waals surface area contributed by atoms with Crippen LogP contribution in [0, 0.1) is 0 Å². The third kappa shape index (κ3) is 7.57. The summed E-state index contributed by atoms with van der Waals surface area (Å²) in [5.74, 6) is -0.663. The van der Waals surface area contributed by atoms with Gasteiger partial charge in [0.05, 0.1) is 22.6 Å². The molecule has 6 nitrogen and oxygen atoms in total. The van der Waals surface area contributed by atoms with Crippen LogP contribution in [-0.2, 0) is 40.1 Å². The topological polar surface area (TPSA) is 73.5 Å². The predicted molar refractivity (Wildman–Crippen MR) is 149 cm³/mol. The van der Waals surface area contributed by atoms with Gasteiger partial charge in [-0.3, -0.25) is 4.79 Å². The number of alkyl halides is 6. The molecule has 0 aliphatic heterocycles. The molecule has 43 heavy (non-hydrogen) atoms. The number of hydrogen-bond acceptors (Lipinski definition) is 3. The van der Waals surface area contributed by atoms with Crippen LogP contribution in [0.15, 0.2) is 83.9 Å². The largest absolute Gasteiger partial charge is 0.416 e. The van der Waals surface area contributed by atoms with Gasteiger partial charge in [0.2, 0.25) is 15.9 Å². The molecule has 0 spiro atoms. The molecule has 1 aromatic heterocycles. The number of hydrogen-bond donors (Lipinski definition) is 1. The summed E-state index contributed by atoms with van der Waals surface area (Å²) in [5.41, 5.74) is 0.129. The Labute approximate surface area is 245 Å². The maximum absolute atomic E-state index is 13.7. The SMILES string of the molecule is CC(C)N(CC(=O)N(CCc1c[nH]c2ccccc12)Cc1ccc(C(F)(F)F)cc1)S(=O)(=O)c1cccc(C(F)(F)F)c1. The summed E-state index contributed by atoms with van der Waals surface area (Å²) in [6, 6.07) is 14.2. The Hall–Kier alpha value is -3.84. The number of amides is 1. The molecule has 4 rings (SSSR count). The van der Waals surface area contributed by atoms with Gasteiger partial charge in [-0.25, -0.2) is 8.42 Å². The first-order valence-corrected chi connectivity index (χ1v) is 14.7. The number of carbonyl (C=O) groups excluding carboxylic acids is 1. The van der Waals surface area contributed by atoms with E-state index in [4.69, 9.17) is 0 Å². The van der Waals surface area contributed by atoms with E-state index in [-0.39, 0.29) is 13.1 Å². The Morgan fingerprint density at radius 3 is 2.14 bits per heavy atom. The van der Waals surface area contributed by atoms with E-state index in [0.29, 0.717) is 18.1 Å². The molecule has 3 aromatic carbocycles. The van der Waals surface area contributed by atoms with Crippen molar-refractivity contribution in [3.05, 3.63) is 101 Å². The lowest BCUT2D eigenvalue weighted by Gasteiger charge is -2.30. The van der Waals surface area contributed by atoms with Crippen LogP contribution in [0.1, 0.15) is 36.1 Å². The van der Waals surface area contributed by atoms with E-state index in [0.717, 1.165) is 51.1 Å². The number of fused-ring (bicyclic) bond motifs is 1. The highest BCUT2D eigenvalue weighted by molar-refractivity contribution is 7.89. The number of nitrogens with one attached hydrogen (secondary N) is 1. The molecule has 0 atom stereocenters. The number of benzene rings is 3. The number of aromatic nitrogens is 1. The van der Waals surface area contributed by atoms with Crippen molar-refractivity contribution in [2.45, 2.75) is 50.1 Å². The first-order chi connectivity index (χ1) is 20.1. The molecule has 0 fully saturated rings. The van der Waals surface area contributed by atoms with Crippen LogP contribution < -0.4 is 0 Å². The van der Waals surface area contributed by atoms with Crippen molar-refractivity contribution in [1.82, 2.24) is 14.2 Å². The third-order valence-corrected chi connectivity index (χ3v) is 8.99. The summed E-state index contributed by atoms with van der Waals surface area (Å²) in [4.78, 5) is 17.5. The van der Waals surface area contributed by atoms with E-state index < -0.39 is 56.9 Å². The molecule has 1 heterocycles. The van der Waals surface area contributed by atoms with Crippen LogP contribution in [0.4, 0.5) is 26.3 Å². The van der Waals surface area contributed by atoms with Crippen LogP contribution in [0.25, 0.3) is 10.9 Å². The first-order valence-electron chi connectivity index (χ1n) is 13.3. The second-order valence-electron chi connectivity index (χ2n) is 10.3. The lowest BCUT2D eigenvalue weighted by Crippen LogP contribution is -2.46. The van der Waals surface area contributed by atoms with E-state index >= 15 is 0 Å². The fraction of sp³-hybridized carbons (Fsp3) is 0.300. The Balaban J connectivity index is 1.62. The van der Waals surface area contributed by atoms with Crippen LogP contribution >= 0.6 is 0 Å². The number of carbonyl (C=O) groups is 1. The van der Waals surface area contributed by atoms with Crippen molar-refractivity contribution in [3.63, 3.8) is 0 Å². The summed E-state index contributed by atoms with van der Waals surface area (Å²) in [6.07, 6.45) is -7.19. The molecule has 0 saturated carbocycles. The van der Waals surface area contributed by atoms with Crippen molar-refractivity contribution >= 4 is 26.8 Å². The van der Waals surface area contributed by atoms with Gasteiger partial charge in [-0.05, 0) is 67.8 Å². The fourth-order valence-electron chi connectivity index (χ4n) is 4.65. The Kier molecular flexibility index (Phi) is 9.26. The quantitative estimate of drug-likeness (QED) is 0.196. The van der Waals surface area contributed by atoms with Gasteiger partial charge in [-0.15, -0.1) is 0 Å². The number of sulfonamides is 1. The summed E-state index contributed by atoms with van der Waals surface area (Å²) < 4.78 is 107. The fourth-order valence-corrected chi connectivity index (χ4v) is 6.28. The molecule has 0 radical (unpaired) electrons. The van der Waals surface area contributed by atoms with Crippen LogP contribution in [-0.4, -0.2) is 47.6 Å². The molecular weight excluding hydrogens is 596 g/mol. The molecule has 1 amide bonds. The molecular formula is C30H29F6N3O3S. The van der Waals surface area contributed by atoms with Crippen molar-refractivity contribution in [2.24, 2.45) is 0 Å². The minimum Gasteiger partial charge on any atom is -0.361 e. The van der Waals surface area contributed by atoms with Crippen molar-refractivity contribution < 1.29 is 39.6 Å². The standard InChI is InChI=1S/C30H29F6N3O3S/c1-20(2)39(43(41,42)25-7-5-6-24(16-25)30(34,35)36)19-28(40)38(18-21-10-12-23(13-11-21)29(31,32)33)15-14-22-17-37-27-9-4-3-8-26(22)27/h3-13,16-17,20,37H,14-15,18-19H2,1-2H3. The highest BCUT2D eigenvalue weighted by Gasteiger charge is 2.35. The molecule has 230 valence electrons. The van der Waals surface area contributed by atoms with E-state index in [1.807, 2.05) is 24.3 Å². The Morgan fingerprint density at radius 2 is 1.51 bits per heavy atom. The molecule has 0 saturated heterocycles. The van der Waals surface area contributed by atoms with Gasteiger partial charge in [0.1, 0.15) is 0 Å². The minimum atomic E-state index is -4.77. The summed E-state index contributed by atoms with van der Waals surface area (Å²) in [6.45, 7) is 2.27. The van der Waals surface area contributed by atoms with Gasteiger partial charge in [-0.1, -0.05) is 36.4 Å². The van der Waals surface area contributed by atoms with Gasteiger partial charge in [0.25, 0.3) is 0 Å². The van der Waals surface area contributed by atoms with E-state index in [9.17, 15) is 39.6 Å². The molecule has 1 N–H and O–H groups in total. The molecule has 0 bridgehead atoms. The lowest BCUT2D eigenvalue weighted by molar-refractivity contribution is -0.138. The summed E-state index contributed by atoms with van der Waals surface area (Å²) in [5, 5.41) is 0.917. The third-order valence-electron chi connectivity index (χ3n) is 6.97. The number of para-hydroxylation sites is 1. The van der Waals surface area contributed by atoms with E-state index in [2.05, 4.69) is 4.98 Å².